The Kier molecular flexibility index (Phi) is 3.90. The van der Waals surface area contributed by atoms with Crippen LogP contribution in [0.4, 0.5) is 4.39 Å². The molecule has 0 fully saturated rings. The van der Waals surface area contributed by atoms with Gasteiger partial charge in [-0.05, 0) is 58.1 Å². The maximum atomic E-state index is 13.6. The van der Waals surface area contributed by atoms with Crippen LogP contribution < -0.4 is 5.73 Å². The van der Waals surface area contributed by atoms with Crippen LogP contribution in [-0.4, -0.2) is 5.11 Å². The van der Waals surface area contributed by atoms with Crippen LogP contribution >= 0.6 is 0 Å². The molecule has 0 saturated carbocycles. The van der Waals surface area contributed by atoms with Crippen LogP contribution in [0.5, 0.6) is 5.75 Å². The Balaban J connectivity index is 2.19. The molecule has 0 atom stereocenters. The summed E-state index contributed by atoms with van der Waals surface area (Å²) in [6.07, 6.45) is 0. The molecule has 0 saturated heterocycles. The van der Waals surface area contributed by atoms with Crippen LogP contribution in [0.3, 0.4) is 0 Å². The lowest BCUT2D eigenvalue weighted by Crippen LogP contribution is -1.97. The van der Waals surface area contributed by atoms with Gasteiger partial charge in [-0.15, -0.1) is 0 Å². The topological polar surface area (TPSA) is 46.2 Å². The first kappa shape index (κ1) is 14.3. The Morgan fingerprint density at radius 1 is 0.818 bits per heavy atom. The fourth-order valence-corrected chi connectivity index (χ4v) is 2.51. The number of benzene rings is 3. The average molecular weight is 293 g/mol. The maximum Gasteiger partial charge on any atom is 0.123 e. The maximum absolute atomic E-state index is 13.6. The van der Waals surface area contributed by atoms with E-state index < -0.39 is 0 Å². The smallest absolute Gasteiger partial charge is 0.123 e. The van der Waals surface area contributed by atoms with Gasteiger partial charge in [0.05, 0.1) is 0 Å². The molecule has 0 aromatic heterocycles. The SMILES string of the molecule is NCc1ccc(-c2ccc(O)cc2)c(-c2cccc(F)c2)c1. The lowest BCUT2D eigenvalue weighted by Gasteiger charge is -2.12. The molecule has 0 bridgehead atoms. The van der Waals surface area contributed by atoms with Gasteiger partial charge in [-0.1, -0.05) is 36.4 Å². The largest absolute Gasteiger partial charge is 0.508 e. The summed E-state index contributed by atoms with van der Waals surface area (Å²) in [4.78, 5) is 0. The van der Waals surface area contributed by atoms with Crippen LogP contribution in [0, 0.1) is 5.82 Å². The standard InChI is InChI=1S/C19H16FNO/c20-16-3-1-2-15(11-16)19-10-13(12-21)4-9-18(19)14-5-7-17(22)8-6-14/h1-11,22H,12,21H2. The highest BCUT2D eigenvalue weighted by molar-refractivity contribution is 5.84. The molecule has 0 heterocycles. The minimum Gasteiger partial charge on any atom is -0.508 e. The van der Waals surface area contributed by atoms with Crippen molar-refractivity contribution >= 4 is 0 Å². The zero-order valence-corrected chi connectivity index (χ0v) is 12.0. The molecule has 0 aliphatic rings. The zero-order chi connectivity index (χ0) is 15.5. The van der Waals surface area contributed by atoms with Crippen molar-refractivity contribution in [3.8, 4) is 28.0 Å². The fourth-order valence-electron chi connectivity index (χ4n) is 2.51. The van der Waals surface area contributed by atoms with E-state index >= 15 is 0 Å². The van der Waals surface area contributed by atoms with Gasteiger partial charge < -0.3 is 10.8 Å². The quantitative estimate of drug-likeness (QED) is 0.755. The van der Waals surface area contributed by atoms with Crippen molar-refractivity contribution in [1.82, 2.24) is 0 Å². The third-order valence-corrected chi connectivity index (χ3v) is 3.63. The molecule has 0 amide bonds. The number of nitrogens with two attached hydrogens (primary N) is 1. The van der Waals surface area contributed by atoms with Crippen molar-refractivity contribution in [2.45, 2.75) is 6.54 Å². The molecule has 3 aromatic carbocycles. The molecular weight excluding hydrogens is 277 g/mol. The summed E-state index contributed by atoms with van der Waals surface area (Å²) < 4.78 is 13.6. The van der Waals surface area contributed by atoms with Crippen LogP contribution in [0.1, 0.15) is 5.56 Å². The second-order valence-corrected chi connectivity index (χ2v) is 5.14. The Morgan fingerprint density at radius 3 is 2.27 bits per heavy atom. The van der Waals surface area contributed by atoms with Crippen molar-refractivity contribution in [1.29, 1.82) is 0 Å². The number of phenolic OH excluding ortho intramolecular Hbond substituents is 1. The van der Waals surface area contributed by atoms with E-state index in [2.05, 4.69) is 0 Å². The van der Waals surface area contributed by atoms with Gasteiger partial charge in [-0.3, -0.25) is 0 Å². The van der Waals surface area contributed by atoms with Crippen LogP contribution in [-0.2, 0) is 6.54 Å². The summed E-state index contributed by atoms with van der Waals surface area (Å²) in [5.74, 6) is -0.0538. The van der Waals surface area contributed by atoms with Gasteiger partial charge in [0.25, 0.3) is 0 Å². The summed E-state index contributed by atoms with van der Waals surface area (Å²) in [6, 6.07) is 19.4. The molecule has 22 heavy (non-hydrogen) atoms. The number of phenols is 1. The van der Waals surface area contributed by atoms with Gasteiger partial charge in [0.15, 0.2) is 0 Å². The van der Waals surface area contributed by atoms with Gasteiger partial charge >= 0.3 is 0 Å². The highest BCUT2D eigenvalue weighted by atomic mass is 19.1. The first-order valence-corrected chi connectivity index (χ1v) is 7.06. The van der Waals surface area contributed by atoms with E-state index in [-0.39, 0.29) is 11.6 Å². The summed E-state index contributed by atoms with van der Waals surface area (Å²) >= 11 is 0. The van der Waals surface area contributed by atoms with Gasteiger partial charge in [0.2, 0.25) is 0 Å². The number of hydrogen-bond acceptors (Lipinski definition) is 2. The predicted molar refractivity (Wildman–Crippen MR) is 86.8 cm³/mol. The molecule has 2 nitrogen and oxygen atoms in total. The minimum atomic E-state index is -0.271. The highest BCUT2D eigenvalue weighted by Gasteiger charge is 2.09. The molecule has 3 rings (SSSR count). The Hall–Kier alpha value is -2.65. The van der Waals surface area contributed by atoms with Crippen LogP contribution in [0.15, 0.2) is 66.7 Å². The first-order valence-electron chi connectivity index (χ1n) is 7.06. The van der Waals surface area contributed by atoms with Gasteiger partial charge in [-0.2, -0.15) is 0 Å². The van der Waals surface area contributed by atoms with Gasteiger partial charge in [0.1, 0.15) is 11.6 Å². The Labute approximate surface area is 128 Å². The molecular formula is C19H16FNO. The number of aromatic hydroxyl groups is 1. The van der Waals surface area contributed by atoms with Crippen LogP contribution in [0.25, 0.3) is 22.3 Å². The Morgan fingerprint density at radius 2 is 1.59 bits per heavy atom. The van der Waals surface area contributed by atoms with E-state index in [0.29, 0.717) is 6.54 Å². The molecule has 3 heteroatoms. The number of halogens is 1. The van der Waals surface area contributed by atoms with Gasteiger partial charge in [-0.25, -0.2) is 4.39 Å². The first-order chi connectivity index (χ1) is 10.7. The van der Waals surface area contributed by atoms with Crippen molar-refractivity contribution in [3.63, 3.8) is 0 Å². The summed E-state index contributed by atoms with van der Waals surface area (Å²) in [7, 11) is 0. The summed E-state index contributed by atoms with van der Waals surface area (Å²) in [5.41, 5.74) is 10.4. The summed E-state index contributed by atoms with van der Waals surface area (Å²) in [5, 5.41) is 9.44. The normalized spacial score (nSPS) is 10.6. The highest BCUT2D eigenvalue weighted by Crippen LogP contribution is 2.34. The second-order valence-electron chi connectivity index (χ2n) is 5.14. The van der Waals surface area contributed by atoms with Gasteiger partial charge in [0, 0.05) is 6.54 Å². The van der Waals surface area contributed by atoms with E-state index in [1.54, 1.807) is 18.2 Å². The average Bonchev–Trinajstić information content (AvgIpc) is 2.55. The van der Waals surface area contributed by atoms with Crippen molar-refractivity contribution < 1.29 is 9.50 Å². The van der Waals surface area contributed by atoms with Crippen molar-refractivity contribution in [2.75, 3.05) is 0 Å². The molecule has 0 aliphatic carbocycles. The Bertz CT molecular complexity index is 797. The molecule has 110 valence electrons. The van der Waals surface area contributed by atoms with E-state index in [4.69, 9.17) is 5.73 Å². The lowest BCUT2D eigenvalue weighted by atomic mass is 9.92. The molecule has 0 radical (unpaired) electrons. The van der Waals surface area contributed by atoms with E-state index in [9.17, 15) is 9.50 Å². The third kappa shape index (κ3) is 2.85. The number of rotatable bonds is 3. The van der Waals surface area contributed by atoms with E-state index in [1.165, 1.54) is 12.1 Å². The minimum absolute atomic E-state index is 0.217. The van der Waals surface area contributed by atoms with Crippen LogP contribution in [0.2, 0.25) is 0 Å². The summed E-state index contributed by atoms with van der Waals surface area (Å²) in [6.45, 7) is 0.429. The molecule has 3 N–H and O–H groups in total. The fraction of sp³-hybridized carbons (Fsp3) is 0.0526. The van der Waals surface area contributed by atoms with E-state index in [1.807, 2.05) is 36.4 Å². The lowest BCUT2D eigenvalue weighted by molar-refractivity contribution is 0.475. The molecule has 0 unspecified atom stereocenters. The van der Waals surface area contributed by atoms with Crippen molar-refractivity contribution in [3.05, 3.63) is 78.1 Å². The molecule has 3 aromatic rings. The third-order valence-electron chi connectivity index (χ3n) is 3.63. The van der Waals surface area contributed by atoms with E-state index in [0.717, 1.165) is 27.8 Å². The molecule has 0 aliphatic heterocycles. The zero-order valence-electron chi connectivity index (χ0n) is 12.0. The second kappa shape index (κ2) is 6.00. The van der Waals surface area contributed by atoms with Crippen molar-refractivity contribution in [2.24, 2.45) is 5.73 Å². The number of hydrogen-bond donors (Lipinski definition) is 2. The predicted octanol–water partition coefficient (Wildman–Crippen LogP) is 4.32. The monoisotopic (exact) mass is 293 g/mol. The molecule has 0 spiro atoms.